The van der Waals surface area contributed by atoms with Crippen LogP contribution in [0.2, 0.25) is 0 Å². The van der Waals surface area contributed by atoms with Crippen molar-refractivity contribution < 1.29 is 4.79 Å². The molecule has 0 saturated carbocycles. The number of hydrogen-bond acceptors (Lipinski definition) is 4. The Hall–Kier alpha value is -2.39. The molecule has 2 bridgehead atoms. The number of rotatable bonds is 2. The Labute approximate surface area is 121 Å². The van der Waals surface area contributed by atoms with Crippen LogP contribution in [0.25, 0.3) is 5.65 Å². The van der Waals surface area contributed by atoms with Gasteiger partial charge in [-0.05, 0) is 31.4 Å². The fourth-order valence-electron chi connectivity index (χ4n) is 3.41. The van der Waals surface area contributed by atoms with E-state index in [1.165, 1.54) is 6.42 Å². The second-order valence-electron chi connectivity index (χ2n) is 5.78. The van der Waals surface area contributed by atoms with Gasteiger partial charge in [0.15, 0.2) is 5.69 Å². The molecule has 4 heterocycles. The van der Waals surface area contributed by atoms with E-state index < -0.39 is 0 Å². The number of aromatic nitrogens is 2. The lowest BCUT2D eigenvalue weighted by Gasteiger charge is -2.21. The first kappa shape index (κ1) is 12.4. The minimum Gasteiger partial charge on any atom is -0.348 e. The number of imidazole rings is 1. The van der Waals surface area contributed by atoms with Gasteiger partial charge in [0.25, 0.3) is 5.91 Å². The van der Waals surface area contributed by atoms with Crippen molar-refractivity contribution in [3.05, 3.63) is 35.8 Å². The summed E-state index contributed by atoms with van der Waals surface area (Å²) in [5, 5.41) is 15.5. The van der Waals surface area contributed by atoms with E-state index in [4.69, 9.17) is 5.26 Å². The van der Waals surface area contributed by atoms with Gasteiger partial charge in [0.1, 0.15) is 11.7 Å². The predicted octanol–water partition coefficient (Wildman–Crippen LogP) is 0.829. The molecule has 0 aromatic carbocycles. The number of nitrogens with one attached hydrogen (secondary N) is 2. The Balaban J connectivity index is 1.55. The fourth-order valence-corrected chi connectivity index (χ4v) is 3.41. The molecule has 2 saturated heterocycles. The third-order valence-corrected chi connectivity index (χ3v) is 4.45. The van der Waals surface area contributed by atoms with Crippen LogP contribution >= 0.6 is 0 Å². The first-order valence-corrected chi connectivity index (χ1v) is 7.19. The van der Waals surface area contributed by atoms with Gasteiger partial charge >= 0.3 is 0 Å². The van der Waals surface area contributed by atoms with E-state index in [-0.39, 0.29) is 11.9 Å². The summed E-state index contributed by atoms with van der Waals surface area (Å²) in [5.41, 5.74) is 1.55. The topological polar surface area (TPSA) is 82.2 Å². The van der Waals surface area contributed by atoms with Crippen molar-refractivity contribution in [2.24, 2.45) is 0 Å². The normalized spacial score (nSPS) is 26.9. The van der Waals surface area contributed by atoms with Crippen LogP contribution in [-0.4, -0.2) is 33.4 Å². The van der Waals surface area contributed by atoms with E-state index in [2.05, 4.69) is 15.6 Å². The largest absolute Gasteiger partial charge is 0.348 e. The maximum absolute atomic E-state index is 12.4. The van der Waals surface area contributed by atoms with Crippen LogP contribution in [0.15, 0.2) is 24.5 Å². The zero-order valence-corrected chi connectivity index (χ0v) is 11.4. The third-order valence-electron chi connectivity index (χ3n) is 4.45. The molecule has 2 N–H and O–H groups in total. The second-order valence-corrected chi connectivity index (χ2v) is 5.78. The van der Waals surface area contributed by atoms with E-state index in [0.29, 0.717) is 29.0 Å². The molecule has 106 valence electrons. The Morgan fingerprint density at radius 1 is 1.52 bits per heavy atom. The van der Waals surface area contributed by atoms with Crippen LogP contribution in [0.3, 0.4) is 0 Å². The van der Waals surface area contributed by atoms with Gasteiger partial charge < -0.3 is 15.0 Å². The van der Waals surface area contributed by atoms with Crippen LogP contribution in [0.5, 0.6) is 0 Å². The third kappa shape index (κ3) is 2.06. The van der Waals surface area contributed by atoms with Gasteiger partial charge in [-0.15, -0.1) is 0 Å². The highest BCUT2D eigenvalue weighted by Gasteiger charge is 2.39. The summed E-state index contributed by atoms with van der Waals surface area (Å²) < 4.78 is 1.74. The summed E-state index contributed by atoms with van der Waals surface area (Å²) in [7, 11) is 0. The summed E-state index contributed by atoms with van der Waals surface area (Å²) in [6.45, 7) is 0. The fraction of sp³-hybridized carbons (Fsp3) is 0.400. The molecular formula is C15H15N5O. The molecule has 3 atom stereocenters. The van der Waals surface area contributed by atoms with Crippen molar-refractivity contribution in [1.29, 1.82) is 5.26 Å². The van der Waals surface area contributed by atoms with Crippen LogP contribution in [0.4, 0.5) is 0 Å². The summed E-state index contributed by atoms with van der Waals surface area (Å²) in [4.78, 5) is 16.5. The molecule has 2 aliphatic rings. The number of hydrogen-bond donors (Lipinski definition) is 2. The molecule has 21 heavy (non-hydrogen) atoms. The molecule has 0 aliphatic carbocycles. The molecule has 4 rings (SSSR count). The molecule has 3 unspecified atom stereocenters. The Bertz CT molecular complexity index is 759. The van der Waals surface area contributed by atoms with Crippen molar-refractivity contribution in [2.45, 2.75) is 37.4 Å². The smallest absolute Gasteiger partial charge is 0.251 e. The summed E-state index contributed by atoms with van der Waals surface area (Å²) >= 11 is 0. The lowest BCUT2D eigenvalue weighted by atomic mass is 9.95. The van der Waals surface area contributed by atoms with Crippen molar-refractivity contribution in [3.8, 4) is 6.07 Å². The Morgan fingerprint density at radius 3 is 3.14 bits per heavy atom. The minimum absolute atomic E-state index is 0.0710. The quantitative estimate of drug-likeness (QED) is 0.854. The average molecular weight is 281 g/mol. The van der Waals surface area contributed by atoms with E-state index in [0.717, 1.165) is 12.8 Å². The molecule has 0 radical (unpaired) electrons. The summed E-state index contributed by atoms with van der Waals surface area (Å²) in [6.07, 6.45) is 6.78. The summed E-state index contributed by atoms with van der Waals surface area (Å²) in [5.74, 6) is -0.0710. The standard InChI is InChI=1S/C15H15N5O/c16-7-11-8-20-4-3-9(5-14(20)18-11)15(21)19-13-6-10-1-2-12(13)17-10/h3-5,8,10,12-13,17H,1-2,6H2,(H,19,21). The van der Waals surface area contributed by atoms with Crippen molar-refractivity contribution >= 4 is 11.6 Å². The molecule has 2 aliphatic heterocycles. The highest BCUT2D eigenvalue weighted by molar-refractivity contribution is 5.95. The van der Waals surface area contributed by atoms with Gasteiger partial charge in [-0.25, -0.2) is 4.98 Å². The van der Waals surface area contributed by atoms with E-state index in [1.807, 2.05) is 6.07 Å². The van der Waals surface area contributed by atoms with Crippen LogP contribution in [0, 0.1) is 11.3 Å². The van der Waals surface area contributed by atoms with Gasteiger partial charge in [-0.1, -0.05) is 0 Å². The first-order chi connectivity index (χ1) is 10.2. The van der Waals surface area contributed by atoms with Crippen LogP contribution < -0.4 is 10.6 Å². The Kier molecular flexibility index (Phi) is 2.69. The number of pyridine rings is 1. The highest BCUT2D eigenvalue weighted by Crippen LogP contribution is 2.28. The number of fused-ring (bicyclic) bond motifs is 3. The van der Waals surface area contributed by atoms with Gasteiger partial charge in [0.05, 0.1) is 0 Å². The van der Waals surface area contributed by atoms with Gasteiger partial charge in [-0.2, -0.15) is 5.26 Å². The van der Waals surface area contributed by atoms with E-state index in [9.17, 15) is 4.79 Å². The number of carbonyl (C=O) groups excluding carboxylic acids is 1. The van der Waals surface area contributed by atoms with Crippen molar-refractivity contribution in [1.82, 2.24) is 20.0 Å². The Morgan fingerprint density at radius 2 is 2.43 bits per heavy atom. The number of carbonyl (C=O) groups is 1. The van der Waals surface area contributed by atoms with Gasteiger partial charge in [0.2, 0.25) is 0 Å². The summed E-state index contributed by atoms with van der Waals surface area (Å²) in [6, 6.07) is 6.68. The van der Waals surface area contributed by atoms with E-state index >= 15 is 0 Å². The molecule has 1 amide bonds. The molecule has 2 fully saturated rings. The number of nitrogens with zero attached hydrogens (tertiary/aromatic N) is 3. The van der Waals surface area contributed by atoms with E-state index in [1.54, 1.807) is 28.9 Å². The zero-order valence-electron chi connectivity index (χ0n) is 11.4. The lowest BCUT2D eigenvalue weighted by Crippen LogP contribution is -2.42. The zero-order chi connectivity index (χ0) is 14.4. The van der Waals surface area contributed by atoms with Gasteiger partial charge in [-0.3, -0.25) is 4.79 Å². The average Bonchev–Trinajstić information content (AvgIpc) is 3.20. The highest BCUT2D eigenvalue weighted by atomic mass is 16.1. The lowest BCUT2D eigenvalue weighted by molar-refractivity contribution is 0.0931. The first-order valence-electron chi connectivity index (χ1n) is 7.19. The maximum Gasteiger partial charge on any atom is 0.251 e. The molecular weight excluding hydrogens is 266 g/mol. The maximum atomic E-state index is 12.4. The van der Waals surface area contributed by atoms with Crippen molar-refractivity contribution in [3.63, 3.8) is 0 Å². The minimum atomic E-state index is -0.0710. The number of nitriles is 1. The molecule has 0 spiro atoms. The monoisotopic (exact) mass is 281 g/mol. The van der Waals surface area contributed by atoms with Crippen LogP contribution in [-0.2, 0) is 0 Å². The molecule has 2 aromatic rings. The molecule has 2 aromatic heterocycles. The second kappa shape index (κ2) is 4.57. The predicted molar refractivity (Wildman–Crippen MR) is 75.7 cm³/mol. The molecule has 6 heteroatoms. The number of amides is 1. The molecule has 6 nitrogen and oxygen atoms in total. The van der Waals surface area contributed by atoms with Crippen LogP contribution in [0.1, 0.15) is 35.3 Å². The van der Waals surface area contributed by atoms with Gasteiger partial charge in [0, 0.05) is 36.1 Å². The SMILES string of the molecule is N#Cc1cn2ccc(C(=O)NC3CC4CCC3N4)cc2n1. The van der Waals surface area contributed by atoms with Crippen molar-refractivity contribution in [2.75, 3.05) is 0 Å².